The van der Waals surface area contributed by atoms with Gasteiger partial charge in [0.25, 0.3) is 0 Å². The third-order valence-electron chi connectivity index (χ3n) is 2.85. The van der Waals surface area contributed by atoms with Crippen LogP contribution < -0.4 is 5.32 Å². The van der Waals surface area contributed by atoms with Gasteiger partial charge in [-0.05, 0) is 38.8 Å². The van der Waals surface area contributed by atoms with Crippen molar-refractivity contribution in [2.45, 2.75) is 45.8 Å². The van der Waals surface area contributed by atoms with Crippen molar-refractivity contribution in [1.29, 1.82) is 0 Å². The van der Waals surface area contributed by atoms with Crippen LogP contribution in [0.25, 0.3) is 0 Å². The lowest BCUT2D eigenvalue weighted by atomic mass is 9.99. The first-order valence-electron chi connectivity index (χ1n) is 6.85. The number of hydrogen-bond donors (Lipinski definition) is 1. The maximum Gasteiger partial charge on any atom is 0.408 e. The van der Waals surface area contributed by atoms with Crippen LogP contribution in [0, 0.1) is 6.92 Å². The Morgan fingerprint density at radius 3 is 2.38 bits per heavy atom. The molecule has 1 rings (SSSR count). The molecule has 0 radical (unpaired) electrons. The van der Waals surface area contributed by atoms with Gasteiger partial charge in [-0.25, -0.2) is 4.79 Å². The van der Waals surface area contributed by atoms with E-state index in [2.05, 4.69) is 5.32 Å². The molecule has 1 aromatic carbocycles. The third kappa shape index (κ3) is 5.85. The highest BCUT2D eigenvalue weighted by molar-refractivity contribution is 5.73. The number of ether oxygens (including phenoxy) is 2. The van der Waals surface area contributed by atoms with E-state index < -0.39 is 17.7 Å². The van der Waals surface area contributed by atoms with Crippen LogP contribution in [0.15, 0.2) is 24.3 Å². The molecule has 5 nitrogen and oxygen atoms in total. The monoisotopic (exact) mass is 293 g/mol. The molecule has 0 aliphatic rings. The number of methoxy groups -OCH3 is 1. The van der Waals surface area contributed by atoms with E-state index in [0.717, 1.165) is 11.1 Å². The molecule has 1 amide bonds. The third-order valence-corrected chi connectivity index (χ3v) is 2.85. The zero-order valence-corrected chi connectivity index (χ0v) is 13.2. The number of benzene rings is 1. The van der Waals surface area contributed by atoms with E-state index in [1.165, 1.54) is 7.11 Å². The van der Waals surface area contributed by atoms with Crippen LogP contribution in [0.1, 0.15) is 44.4 Å². The number of amides is 1. The zero-order valence-electron chi connectivity index (χ0n) is 13.2. The van der Waals surface area contributed by atoms with Crippen molar-refractivity contribution in [2.75, 3.05) is 7.11 Å². The Balaban J connectivity index is 2.91. The van der Waals surface area contributed by atoms with Crippen LogP contribution in [-0.4, -0.2) is 24.8 Å². The number of alkyl carbamates (subject to hydrolysis) is 1. The van der Waals surface area contributed by atoms with Crippen LogP contribution in [0.2, 0.25) is 0 Å². The highest BCUT2D eigenvalue weighted by atomic mass is 16.6. The highest BCUT2D eigenvalue weighted by Gasteiger charge is 2.23. The van der Waals surface area contributed by atoms with Crippen molar-refractivity contribution in [2.24, 2.45) is 0 Å². The predicted molar refractivity (Wildman–Crippen MR) is 79.9 cm³/mol. The van der Waals surface area contributed by atoms with Crippen LogP contribution in [0.3, 0.4) is 0 Å². The molecule has 1 atom stereocenters. The molecule has 5 heteroatoms. The van der Waals surface area contributed by atoms with Gasteiger partial charge in [-0.3, -0.25) is 4.79 Å². The molecule has 21 heavy (non-hydrogen) atoms. The highest BCUT2D eigenvalue weighted by Crippen LogP contribution is 2.22. The van der Waals surface area contributed by atoms with E-state index in [4.69, 9.17) is 9.47 Å². The fourth-order valence-electron chi connectivity index (χ4n) is 1.92. The van der Waals surface area contributed by atoms with Gasteiger partial charge >= 0.3 is 12.1 Å². The van der Waals surface area contributed by atoms with E-state index in [0.29, 0.717) is 0 Å². The average molecular weight is 293 g/mol. The summed E-state index contributed by atoms with van der Waals surface area (Å²) in [6.07, 6.45) is -0.500. The lowest BCUT2D eigenvalue weighted by molar-refractivity contribution is -0.141. The summed E-state index contributed by atoms with van der Waals surface area (Å²) in [5.74, 6) is -0.390. The molecule has 0 saturated heterocycles. The molecule has 0 saturated carbocycles. The summed E-state index contributed by atoms with van der Waals surface area (Å²) in [6, 6.07) is 7.09. The number of aryl methyl sites for hydroxylation is 1. The number of rotatable bonds is 4. The van der Waals surface area contributed by atoms with Gasteiger partial charge in [0.15, 0.2) is 0 Å². The van der Waals surface area contributed by atoms with Gasteiger partial charge in [0.1, 0.15) is 5.60 Å². The molecule has 1 N–H and O–H groups in total. The van der Waals surface area contributed by atoms with Crippen molar-refractivity contribution in [3.8, 4) is 0 Å². The van der Waals surface area contributed by atoms with E-state index >= 15 is 0 Å². The van der Waals surface area contributed by atoms with E-state index in [-0.39, 0.29) is 12.4 Å². The summed E-state index contributed by atoms with van der Waals surface area (Å²) in [5, 5.41) is 2.73. The SMILES string of the molecule is COC(=O)CC(NC(=O)OC(C)(C)C)c1ccccc1C. The number of esters is 1. The first-order chi connectivity index (χ1) is 9.73. The summed E-state index contributed by atoms with van der Waals surface area (Å²) in [5.41, 5.74) is 1.27. The topological polar surface area (TPSA) is 64.6 Å². The van der Waals surface area contributed by atoms with Gasteiger partial charge in [0.05, 0.1) is 19.6 Å². The van der Waals surface area contributed by atoms with Crippen molar-refractivity contribution in [3.05, 3.63) is 35.4 Å². The second-order valence-corrected chi connectivity index (χ2v) is 5.84. The first-order valence-corrected chi connectivity index (χ1v) is 6.85. The van der Waals surface area contributed by atoms with Gasteiger partial charge < -0.3 is 14.8 Å². The average Bonchev–Trinajstić information content (AvgIpc) is 2.36. The first kappa shape index (κ1) is 17.0. The van der Waals surface area contributed by atoms with Gasteiger partial charge in [-0.15, -0.1) is 0 Å². The molecule has 0 aromatic heterocycles. The Morgan fingerprint density at radius 2 is 1.86 bits per heavy atom. The second-order valence-electron chi connectivity index (χ2n) is 5.84. The maximum atomic E-state index is 11.9. The second kappa shape index (κ2) is 7.11. The maximum absolute atomic E-state index is 11.9. The zero-order chi connectivity index (χ0) is 16.0. The molecule has 1 unspecified atom stereocenters. The van der Waals surface area contributed by atoms with Crippen LogP contribution in [0.4, 0.5) is 4.79 Å². The van der Waals surface area contributed by atoms with Crippen LogP contribution in [-0.2, 0) is 14.3 Å². The van der Waals surface area contributed by atoms with E-state index in [9.17, 15) is 9.59 Å². The van der Waals surface area contributed by atoms with Crippen LogP contribution in [0.5, 0.6) is 0 Å². The minimum atomic E-state index is -0.592. The Morgan fingerprint density at radius 1 is 1.24 bits per heavy atom. The summed E-state index contributed by atoms with van der Waals surface area (Å²) in [7, 11) is 1.32. The van der Waals surface area contributed by atoms with Gasteiger partial charge in [-0.1, -0.05) is 24.3 Å². The predicted octanol–water partition coefficient (Wildman–Crippen LogP) is 3.12. The molecule has 0 aliphatic carbocycles. The normalized spacial score (nSPS) is 12.4. The van der Waals surface area contributed by atoms with Crippen molar-refractivity contribution in [1.82, 2.24) is 5.32 Å². The van der Waals surface area contributed by atoms with Crippen molar-refractivity contribution < 1.29 is 19.1 Å². The molecule has 1 aromatic rings. The molecule has 0 fully saturated rings. The number of carbonyl (C=O) groups excluding carboxylic acids is 2. The Labute approximate surface area is 125 Å². The van der Waals surface area contributed by atoms with Gasteiger partial charge in [-0.2, -0.15) is 0 Å². The minimum Gasteiger partial charge on any atom is -0.469 e. The van der Waals surface area contributed by atoms with Crippen LogP contribution >= 0.6 is 0 Å². The lowest BCUT2D eigenvalue weighted by Gasteiger charge is -2.24. The van der Waals surface area contributed by atoms with Crippen molar-refractivity contribution >= 4 is 12.1 Å². The Hall–Kier alpha value is -2.04. The molecule has 0 aliphatic heterocycles. The largest absolute Gasteiger partial charge is 0.469 e. The summed E-state index contributed by atoms with van der Waals surface area (Å²) in [6.45, 7) is 7.29. The van der Waals surface area contributed by atoms with Gasteiger partial charge in [0.2, 0.25) is 0 Å². The van der Waals surface area contributed by atoms with E-state index in [1.54, 1.807) is 20.8 Å². The Kier molecular flexibility index (Phi) is 5.76. The van der Waals surface area contributed by atoms with Crippen molar-refractivity contribution in [3.63, 3.8) is 0 Å². The molecule has 0 bridgehead atoms. The molecule has 116 valence electrons. The minimum absolute atomic E-state index is 0.0561. The standard InChI is InChI=1S/C16H23NO4/c1-11-8-6-7-9-12(11)13(10-14(18)20-5)17-15(19)21-16(2,3)4/h6-9,13H,10H2,1-5H3,(H,17,19). The molecular weight excluding hydrogens is 270 g/mol. The smallest absolute Gasteiger partial charge is 0.408 e. The van der Waals surface area contributed by atoms with E-state index in [1.807, 2.05) is 31.2 Å². The Bertz CT molecular complexity index is 505. The summed E-state index contributed by atoms with van der Waals surface area (Å²) < 4.78 is 9.94. The fourth-order valence-corrected chi connectivity index (χ4v) is 1.92. The summed E-state index contributed by atoms with van der Waals surface area (Å²) in [4.78, 5) is 23.5. The fraction of sp³-hybridized carbons (Fsp3) is 0.500. The summed E-state index contributed by atoms with van der Waals surface area (Å²) >= 11 is 0. The molecular formula is C16H23NO4. The lowest BCUT2D eigenvalue weighted by Crippen LogP contribution is -2.36. The number of nitrogens with one attached hydrogen (secondary N) is 1. The van der Waals surface area contributed by atoms with Gasteiger partial charge in [0, 0.05) is 0 Å². The molecule has 0 heterocycles. The quantitative estimate of drug-likeness (QED) is 0.866. The number of hydrogen-bond acceptors (Lipinski definition) is 4. The molecule has 0 spiro atoms. The number of carbonyl (C=O) groups is 2.